The monoisotopic (exact) mass is 283 g/mol. The molecule has 0 aliphatic carbocycles. The molecule has 1 N–H and O–H groups in total. The summed E-state index contributed by atoms with van der Waals surface area (Å²) in [6, 6.07) is 6.70. The van der Waals surface area contributed by atoms with E-state index in [0.29, 0.717) is 5.92 Å². The number of hydrogen-bond donors (Lipinski definition) is 1. The van der Waals surface area contributed by atoms with Crippen LogP contribution in [0.4, 0.5) is 8.78 Å². The van der Waals surface area contributed by atoms with Crippen LogP contribution in [0.15, 0.2) is 29.8 Å². The predicted molar refractivity (Wildman–Crippen MR) is 79.0 cm³/mol. The van der Waals surface area contributed by atoms with E-state index in [1.54, 1.807) is 24.3 Å². The zero-order valence-corrected chi connectivity index (χ0v) is 12.3. The number of rotatable bonds is 8. The van der Waals surface area contributed by atoms with E-state index in [4.69, 9.17) is 0 Å². The molecule has 0 bridgehead atoms. The minimum Gasteiger partial charge on any atom is -0.435 e. The summed E-state index contributed by atoms with van der Waals surface area (Å²) in [6.07, 6.45) is 3.04. The van der Waals surface area contributed by atoms with E-state index in [1.165, 1.54) is 5.57 Å². The maximum Gasteiger partial charge on any atom is 0.387 e. The van der Waals surface area contributed by atoms with E-state index in [2.05, 4.69) is 36.9 Å². The largest absolute Gasteiger partial charge is 0.435 e. The Labute approximate surface area is 119 Å². The summed E-state index contributed by atoms with van der Waals surface area (Å²) < 4.78 is 28.4. The van der Waals surface area contributed by atoms with Gasteiger partial charge < -0.3 is 10.1 Å². The van der Waals surface area contributed by atoms with Gasteiger partial charge in [-0.15, -0.1) is 0 Å². The lowest BCUT2D eigenvalue weighted by molar-refractivity contribution is -0.0498. The Hall–Kier alpha value is -1.42. The van der Waals surface area contributed by atoms with Gasteiger partial charge in [-0.1, -0.05) is 44.6 Å². The molecule has 0 aliphatic heterocycles. The minimum atomic E-state index is -2.78. The molecule has 0 fully saturated rings. The number of alkyl halides is 2. The van der Waals surface area contributed by atoms with Crippen molar-refractivity contribution in [1.82, 2.24) is 5.32 Å². The van der Waals surface area contributed by atoms with Crippen molar-refractivity contribution in [1.29, 1.82) is 0 Å². The van der Waals surface area contributed by atoms with Crippen molar-refractivity contribution < 1.29 is 13.5 Å². The smallest absolute Gasteiger partial charge is 0.387 e. The fourth-order valence-electron chi connectivity index (χ4n) is 1.78. The molecule has 2 nitrogen and oxygen atoms in total. The van der Waals surface area contributed by atoms with Crippen LogP contribution in [0.2, 0.25) is 0 Å². The molecule has 112 valence electrons. The fourth-order valence-corrected chi connectivity index (χ4v) is 1.78. The minimum absolute atomic E-state index is 0.188. The summed E-state index contributed by atoms with van der Waals surface area (Å²) in [6.45, 7) is 5.51. The molecule has 20 heavy (non-hydrogen) atoms. The molecule has 1 aromatic rings. The van der Waals surface area contributed by atoms with Gasteiger partial charge in [-0.3, -0.25) is 0 Å². The van der Waals surface area contributed by atoms with E-state index < -0.39 is 6.61 Å². The zero-order valence-electron chi connectivity index (χ0n) is 12.3. The Morgan fingerprint density at radius 3 is 2.40 bits per heavy atom. The normalized spacial score (nSPS) is 12.2. The Morgan fingerprint density at radius 1 is 1.25 bits per heavy atom. The Balaban J connectivity index is 2.60. The molecule has 0 spiro atoms. The molecular weight excluding hydrogens is 260 g/mol. The molecule has 1 aromatic carbocycles. The van der Waals surface area contributed by atoms with Gasteiger partial charge in [0.05, 0.1) is 0 Å². The molecule has 0 radical (unpaired) electrons. The molecule has 0 unspecified atom stereocenters. The Morgan fingerprint density at radius 2 is 1.90 bits per heavy atom. The van der Waals surface area contributed by atoms with Crippen molar-refractivity contribution in [3.8, 4) is 5.75 Å². The molecule has 0 amide bonds. The highest BCUT2D eigenvalue weighted by molar-refractivity contribution is 5.54. The molecule has 1 rings (SSSR count). The van der Waals surface area contributed by atoms with Crippen molar-refractivity contribution >= 4 is 6.08 Å². The highest BCUT2D eigenvalue weighted by Crippen LogP contribution is 2.17. The second-order valence-corrected chi connectivity index (χ2v) is 5.13. The van der Waals surface area contributed by atoms with Crippen LogP contribution in [-0.2, 0) is 0 Å². The van der Waals surface area contributed by atoms with Crippen LogP contribution in [-0.4, -0.2) is 19.7 Å². The van der Waals surface area contributed by atoms with E-state index in [9.17, 15) is 8.78 Å². The lowest BCUT2D eigenvalue weighted by Crippen LogP contribution is -2.21. The highest BCUT2D eigenvalue weighted by atomic mass is 19.3. The Bertz CT molecular complexity index is 413. The topological polar surface area (TPSA) is 21.3 Å². The second kappa shape index (κ2) is 8.69. The summed E-state index contributed by atoms with van der Waals surface area (Å²) in [5.41, 5.74) is 2.28. The van der Waals surface area contributed by atoms with Crippen molar-refractivity contribution in [3.63, 3.8) is 0 Å². The zero-order chi connectivity index (χ0) is 15.0. The molecular formula is C16H23F2NO. The fraction of sp³-hybridized carbons (Fsp3) is 0.500. The summed E-state index contributed by atoms with van der Waals surface area (Å²) in [7, 11) is 0. The Kier molecular flexibility index (Phi) is 7.23. The van der Waals surface area contributed by atoms with Crippen LogP contribution >= 0.6 is 0 Å². The van der Waals surface area contributed by atoms with Crippen LogP contribution < -0.4 is 10.1 Å². The van der Waals surface area contributed by atoms with Gasteiger partial charge in [0.15, 0.2) is 0 Å². The summed E-state index contributed by atoms with van der Waals surface area (Å²) in [5, 5.41) is 3.40. The van der Waals surface area contributed by atoms with Crippen LogP contribution in [0.5, 0.6) is 5.75 Å². The summed E-state index contributed by atoms with van der Waals surface area (Å²) >= 11 is 0. The third kappa shape index (κ3) is 6.66. The molecule has 0 heterocycles. The van der Waals surface area contributed by atoms with Crippen LogP contribution in [0.3, 0.4) is 0 Å². The summed E-state index contributed by atoms with van der Waals surface area (Å²) in [5.74, 6) is 0.812. The second-order valence-electron chi connectivity index (χ2n) is 5.13. The van der Waals surface area contributed by atoms with E-state index in [1.807, 2.05) is 0 Å². The first-order valence-electron chi connectivity index (χ1n) is 6.96. The SMILES string of the molecule is CCC(=Cc1ccc(OC(F)F)cc1)CNCC(C)C. The van der Waals surface area contributed by atoms with Crippen molar-refractivity contribution in [2.45, 2.75) is 33.8 Å². The number of ether oxygens (including phenoxy) is 1. The first-order valence-corrected chi connectivity index (χ1v) is 6.96. The maximum absolute atomic E-state index is 12.0. The average Bonchev–Trinajstić information content (AvgIpc) is 2.38. The maximum atomic E-state index is 12.0. The third-order valence-corrected chi connectivity index (χ3v) is 2.83. The average molecular weight is 283 g/mol. The first-order chi connectivity index (χ1) is 9.51. The molecule has 4 heteroatoms. The van der Waals surface area contributed by atoms with Crippen molar-refractivity contribution in [2.75, 3.05) is 13.1 Å². The van der Waals surface area contributed by atoms with E-state index in [-0.39, 0.29) is 5.75 Å². The van der Waals surface area contributed by atoms with Crippen LogP contribution in [0.25, 0.3) is 6.08 Å². The van der Waals surface area contributed by atoms with Crippen LogP contribution in [0, 0.1) is 5.92 Å². The third-order valence-electron chi connectivity index (χ3n) is 2.83. The van der Waals surface area contributed by atoms with Gasteiger partial charge in [0.1, 0.15) is 5.75 Å². The quantitative estimate of drug-likeness (QED) is 0.767. The van der Waals surface area contributed by atoms with Gasteiger partial charge in [-0.25, -0.2) is 0 Å². The molecule has 0 saturated heterocycles. The van der Waals surface area contributed by atoms with Crippen LogP contribution in [0.1, 0.15) is 32.8 Å². The summed E-state index contributed by atoms with van der Waals surface area (Å²) in [4.78, 5) is 0. The number of benzene rings is 1. The number of nitrogens with one attached hydrogen (secondary N) is 1. The van der Waals surface area contributed by atoms with Gasteiger partial charge in [0.25, 0.3) is 0 Å². The molecule has 0 aliphatic rings. The lowest BCUT2D eigenvalue weighted by Gasteiger charge is -2.10. The van der Waals surface area contributed by atoms with Crippen molar-refractivity contribution in [2.24, 2.45) is 5.92 Å². The van der Waals surface area contributed by atoms with E-state index >= 15 is 0 Å². The van der Waals surface area contributed by atoms with Crippen molar-refractivity contribution in [3.05, 3.63) is 35.4 Å². The van der Waals surface area contributed by atoms with Gasteiger partial charge >= 0.3 is 6.61 Å². The van der Waals surface area contributed by atoms with Gasteiger partial charge in [0.2, 0.25) is 0 Å². The number of halogens is 2. The highest BCUT2D eigenvalue weighted by Gasteiger charge is 2.03. The molecule has 0 saturated carbocycles. The van der Waals surface area contributed by atoms with Gasteiger partial charge in [0, 0.05) is 6.54 Å². The first kappa shape index (κ1) is 16.6. The van der Waals surface area contributed by atoms with Gasteiger partial charge in [-0.05, 0) is 36.6 Å². The number of hydrogen-bond acceptors (Lipinski definition) is 2. The standard InChI is InChI=1S/C16H23F2NO/c1-4-13(11-19-10-12(2)3)9-14-5-7-15(8-6-14)20-16(17)18/h5-9,12,16,19H,4,10-11H2,1-3H3. The lowest BCUT2D eigenvalue weighted by atomic mass is 10.1. The molecule has 0 atom stereocenters. The predicted octanol–water partition coefficient (Wildman–Crippen LogP) is 4.33. The molecule has 0 aromatic heterocycles. The van der Waals surface area contributed by atoms with E-state index in [0.717, 1.165) is 25.1 Å². The van der Waals surface area contributed by atoms with Gasteiger partial charge in [-0.2, -0.15) is 8.78 Å².